The standard InChI is InChI=1S/C22H24N2O4/c1-28-18(26)24-15-6-3-2-5-13(15)22-14-11-23-10-4-7-19(17(22)23)8-9-21(22,24)20(27,12-19)16(14)25/h2-3,5-6,14,17,27H,4,7-12H2,1H3/t14-,17+,19?,20-,21?,22+/m0/s1. The molecule has 4 aliphatic carbocycles. The predicted octanol–water partition coefficient (Wildman–Crippen LogP) is 1.84. The van der Waals surface area contributed by atoms with Crippen LogP contribution in [-0.4, -0.2) is 59.3 Å². The summed E-state index contributed by atoms with van der Waals surface area (Å²) in [5.74, 6) is -0.287. The third-order valence-corrected chi connectivity index (χ3v) is 9.48. The van der Waals surface area contributed by atoms with Gasteiger partial charge in [0, 0.05) is 18.5 Å². The molecule has 6 atom stereocenters. The monoisotopic (exact) mass is 380 g/mol. The van der Waals surface area contributed by atoms with Crippen molar-refractivity contribution in [2.75, 3.05) is 25.1 Å². The van der Waals surface area contributed by atoms with Gasteiger partial charge in [-0.1, -0.05) is 18.2 Å². The van der Waals surface area contributed by atoms with Gasteiger partial charge in [0.05, 0.1) is 23.8 Å². The van der Waals surface area contributed by atoms with Gasteiger partial charge in [-0.05, 0) is 55.7 Å². The molecule has 146 valence electrons. The molecule has 6 heteroatoms. The summed E-state index contributed by atoms with van der Waals surface area (Å²) in [4.78, 5) is 31.1. The number of aliphatic hydroxyl groups is 1. The topological polar surface area (TPSA) is 70.1 Å². The molecule has 2 saturated heterocycles. The number of Topliss-reactive ketones (excluding diaryl/α,β-unsaturated/α-hetero) is 1. The van der Waals surface area contributed by atoms with Gasteiger partial charge in [-0.3, -0.25) is 14.6 Å². The van der Waals surface area contributed by atoms with Gasteiger partial charge in [0.25, 0.3) is 0 Å². The number of rotatable bonds is 0. The average molecular weight is 380 g/mol. The fraction of sp³-hybridized carbons (Fsp3) is 0.636. The van der Waals surface area contributed by atoms with Gasteiger partial charge >= 0.3 is 6.09 Å². The van der Waals surface area contributed by atoms with Gasteiger partial charge in [0.1, 0.15) is 5.60 Å². The summed E-state index contributed by atoms with van der Waals surface area (Å²) in [5.41, 5.74) is -1.04. The second-order valence-corrected chi connectivity index (χ2v) is 9.87. The van der Waals surface area contributed by atoms with E-state index in [1.165, 1.54) is 7.11 Å². The van der Waals surface area contributed by atoms with Crippen LogP contribution in [0.3, 0.4) is 0 Å². The second-order valence-electron chi connectivity index (χ2n) is 9.87. The van der Waals surface area contributed by atoms with E-state index in [0.717, 1.165) is 37.1 Å². The lowest BCUT2D eigenvalue weighted by Gasteiger charge is -2.69. The highest BCUT2D eigenvalue weighted by molar-refractivity contribution is 6.07. The van der Waals surface area contributed by atoms with Gasteiger partial charge in [-0.2, -0.15) is 0 Å². The molecule has 3 spiro atoms. The Morgan fingerprint density at radius 1 is 1.25 bits per heavy atom. The number of piperidine rings is 1. The van der Waals surface area contributed by atoms with Crippen LogP contribution >= 0.6 is 0 Å². The smallest absolute Gasteiger partial charge is 0.414 e. The highest BCUT2D eigenvalue weighted by Gasteiger charge is 2.93. The first-order chi connectivity index (χ1) is 13.5. The van der Waals surface area contributed by atoms with Crippen molar-refractivity contribution in [3.63, 3.8) is 0 Å². The van der Waals surface area contributed by atoms with E-state index in [4.69, 9.17) is 4.74 Å². The van der Waals surface area contributed by atoms with Crippen LogP contribution in [-0.2, 0) is 14.9 Å². The number of para-hydroxylation sites is 1. The van der Waals surface area contributed by atoms with E-state index >= 15 is 0 Å². The van der Waals surface area contributed by atoms with Crippen LogP contribution in [0.5, 0.6) is 0 Å². The van der Waals surface area contributed by atoms with E-state index in [0.29, 0.717) is 19.4 Å². The number of nitrogens with zero attached hydrogens (tertiary/aromatic N) is 2. The lowest BCUT2D eigenvalue weighted by molar-refractivity contribution is -0.194. The maximum absolute atomic E-state index is 13.8. The molecule has 4 bridgehead atoms. The van der Waals surface area contributed by atoms with Crippen LogP contribution in [0.4, 0.5) is 10.5 Å². The molecular weight excluding hydrogens is 356 g/mol. The number of carbonyl (C=O) groups is 2. The summed E-state index contributed by atoms with van der Waals surface area (Å²) in [6.45, 7) is 1.71. The summed E-state index contributed by atoms with van der Waals surface area (Å²) in [6, 6.07) is 8.22. The van der Waals surface area contributed by atoms with Crippen LogP contribution in [0.2, 0.25) is 0 Å². The molecule has 0 radical (unpaired) electrons. The first-order valence-corrected chi connectivity index (χ1v) is 10.5. The zero-order valence-electron chi connectivity index (χ0n) is 16.0. The minimum atomic E-state index is -1.48. The highest BCUT2D eigenvalue weighted by Crippen LogP contribution is 2.81. The van der Waals surface area contributed by atoms with E-state index in [2.05, 4.69) is 11.0 Å². The third-order valence-electron chi connectivity index (χ3n) is 9.48. The molecule has 8 rings (SSSR count). The Morgan fingerprint density at radius 2 is 2.07 bits per heavy atom. The Bertz CT molecular complexity index is 979. The van der Waals surface area contributed by atoms with Gasteiger partial charge in [0.2, 0.25) is 0 Å². The van der Waals surface area contributed by atoms with Crippen molar-refractivity contribution in [2.45, 2.75) is 54.7 Å². The fourth-order valence-corrected chi connectivity index (χ4v) is 9.19. The molecule has 4 saturated carbocycles. The lowest BCUT2D eigenvalue weighted by atomic mass is 9.40. The number of ether oxygens (including phenoxy) is 1. The SMILES string of the molecule is COC(=O)N1c2ccccc2[C@@]23[C@@H]4N5CCCC46CCC12[C@](O)(C6)C(=O)[C@@H]3C5. The normalized spacial score (nSPS) is 49.4. The van der Waals surface area contributed by atoms with Gasteiger partial charge < -0.3 is 9.84 Å². The van der Waals surface area contributed by atoms with E-state index in [9.17, 15) is 14.7 Å². The zero-order chi connectivity index (χ0) is 19.1. The molecule has 1 N–H and O–H groups in total. The quantitative estimate of drug-likeness (QED) is 0.744. The molecule has 1 aromatic rings. The summed E-state index contributed by atoms with van der Waals surface area (Å²) in [7, 11) is 1.39. The summed E-state index contributed by atoms with van der Waals surface area (Å²) < 4.78 is 5.22. The molecule has 6 nitrogen and oxygen atoms in total. The van der Waals surface area contributed by atoms with Gasteiger partial charge in [-0.25, -0.2) is 4.79 Å². The van der Waals surface area contributed by atoms with Crippen molar-refractivity contribution < 1.29 is 19.4 Å². The van der Waals surface area contributed by atoms with Crippen LogP contribution < -0.4 is 4.90 Å². The molecule has 1 aromatic carbocycles. The van der Waals surface area contributed by atoms with Crippen molar-refractivity contribution in [3.8, 4) is 0 Å². The predicted molar refractivity (Wildman–Crippen MR) is 100 cm³/mol. The highest BCUT2D eigenvalue weighted by atomic mass is 16.5. The Balaban J connectivity index is 1.65. The van der Waals surface area contributed by atoms with E-state index in [1.807, 2.05) is 18.2 Å². The maximum Gasteiger partial charge on any atom is 0.414 e. The summed E-state index contributed by atoms with van der Waals surface area (Å²) in [6.07, 6.45) is 3.84. The molecular formula is C22H24N2O4. The number of fused-ring (bicyclic) bond motifs is 2. The first kappa shape index (κ1) is 15.9. The van der Waals surface area contributed by atoms with Crippen LogP contribution in [0.25, 0.3) is 0 Å². The number of anilines is 1. The van der Waals surface area contributed by atoms with Crippen LogP contribution in [0, 0.1) is 11.3 Å². The largest absolute Gasteiger partial charge is 0.452 e. The van der Waals surface area contributed by atoms with E-state index < -0.39 is 22.6 Å². The number of methoxy groups -OCH3 is 1. The van der Waals surface area contributed by atoms with Crippen molar-refractivity contribution in [1.82, 2.24) is 4.90 Å². The number of amides is 1. The maximum atomic E-state index is 13.8. The van der Waals surface area contributed by atoms with Crippen molar-refractivity contribution in [1.29, 1.82) is 0 Å². The van der Waals surface area contributed by atoms with E-state index in [1.54, 1.807) is 4.90 Å². The first-order valence-electron chi connectivity index (χ1n) is 10.5. The van der Waals surface area contributed by atoms with E-state index in [-0.39, 0.29) is 23.2 Å². The number of carbonyl (C=O) groups excluding carboxylic acids is 2. The Labute approximate surface area is 163 Å². The van der Waals surface area contributed by atoms with Crippen molar-refractivity contribution in [3.05, 3.63) is 29.8 Å². The number of hydrogen-bond acceptors (Lipinski definition) is 5. The van der Waals surface area contributed by atoms with Gasteiger partial charge in [-0.15, -0.1) is 0 Å². The molecule has 3 aliphatic heterocycles. The summed E-state index contributed by atoms with van der Waals surface area (Å²) >= 11 is 0. The van der Waals surface area contributed by atoms with Crippen molar-refractivity contribution >= 4 is 17.6 Å². The minimum absolute atomic E-state index is 0.0328. The fourth-order valence-electron chi connectivity index (χ4n) is 9.19. The van der Waals surface area contributed by atoms with Crippen molar-refractivity contribution in [2.24, 2.45) is 11.3 Å². The third kappa shape index (κ3) is 1.16. The van der Waals surface area contributed by atoms with Gasteiger partial charge in [0.15, 0.2) is 5.78 Å². The molecule has 1 amide bonds. The zero-order valence-corrected chi connectivity index (χ0v) is 16.0. The molecule has 6 fully saturated rings. The Hall–Kier alpha value is -1.92. The Kier molecular flexibility index (Phi) is 2.45. The molecule has 3 heterocycles. The minimum Gasteiger partial charge on any atom is -0.452 e. The number of benzene rings is 1. The Morgan fingerprint density at radius 3 is 2.89 bits per heavy atom. The number of ketones is 1. The molecule has 28 heavy (non-hydrogen) atoms. The lowest BCUT2D eigenvalue weighted by Crippen LogP contribution is -2.82. The number of hydrogen-bond donors (Lipinski definition) is 1. The molecule has 7 aliphatic rings. The summed E-state index contributed by atoms with van der Waals surface area (Å²) in [5, 5.41) is 12.1. The van der Waals surface area contributed by atoms with Crippen LogP contribution in [0.1, 0.15) is 37.7 Å². The van der Waals surface area contributed by atoms with Crippen LogP contribution in [0.15, 0.2) is 24.3 Å². The average Bonchev–Trinajstić information content (AvgIpc) is 3.23. The molecule has 0 aromatic heterocycles. The second kappa shape index (κ2) is 4.31. The molecule has 2 unspecified atom stereocenters.